The molecule has 0 aliphatic rings. The molecular formula is C82H194O15. The Bertz CT molecular complexity index is 1040. The first-order valence-electron chi connectivity index (χ1n) is 39.2. The van der Waals surface area contributed by atoms with E-state index in [1.54, 1.807) is 28.4 Å². The Morgan fingerprint density at radius 3 is 0.670 bits per heavy atom. The summed E-state index contributed by atoms with van der Waals surface area (Å²) in [6, 6.07) is 0. The van der Waals surface area contributed by atoms with Gasteiger partial charge in [-0.15, -0.1) is 0 Å². The average molecular weight is 1420 g/mol. The van der Waals surface area contributed by atoms with Gasteiger partial charge in [0.15, 0.2) is 0 Å². The second-order valence-electron chi connectivity index (χ2n) is 24.8. The fourth-order valence-corrected chi connectivity index (χ4v) is 4.46. The van der Waals surface area contributed by atoms with Crippen LogP contribution in [-0.4, -0.2) is 194 Å². The monoisotopic (exact) mass is 1420 g/mol. The van der Waals surface area contributed by atoms with Crippen molar-refractivity contribution in [1.82, 2.24) is 0 Å². The summed E-state index contributed by atoms with van der Waals surface area (Å²) in [5.41, 5.74) is 0.0503. The van der Waals surface area contributed by atoms with Crippen molar-refractivity contribution in [3.8, 4) is 0 Å². The molecule has 15 heteroatoms. The summed E-state index contributed by atoms with van der Waals surface area (Å²) in [6.07, 6.45) is 15.6. The van der Waals surface area contributed by atoms with Gasteiger partial charge in [0.25, 0.3) is 0 Å². The van der Waals surface area contributed by atoms with E-state index >= 15 is 0 Å². The number of unbranched alkanes of at least 4 members (excludes halogenated alkanes) is 1. The molecule has 0 radical (unpaired) electrons. The number of methoxy groups -OCH3 is 4. The minimum atomic E-state index is 0.0503. The SMILES string of the molecule is CCC(C)OC.CCC(C)OC.CCCCOCC.CCCOC(C)C.CCCOC(C)C(C)C.CCCOC(C)CC.CCCOCC.CCOC.CCOC(C)(C)C.CCOC(C)C.CCOC(C)C.CCOC(C)C(C)C.CCOC(C)CC.CCOCC.COC(C)C. The van der Waals surface area contributed by atoms with Gasteiger partial charge >= 0.3 is 0 Å². The predicted molar refractivity (Wildman–Crippen MR) is 434 cm³/mol. The minimum Gasteiger partial charge on any atom is -0.385 e. The highest BCUT2D eigenvalue weighted by Gasteiger charge is 2.07. The zero-order chi connectivity index (χ0) is 79.7. The highest BCUT2D eigenvalue weighted by Crippen LogP contribution is 2.06. The Morgan fingerprint density at radius 2 is 0.536 bits per heavy atom. The molecule has 0 rings (SSSR count). The van der Waals surface area contributed by atoms with Crippen LogP contribution in [0.15, 0.2) is 0 Å². The summed E-state index contributed by atoms with van der Waals surface area (Å²) in [7, 11) is 6.84. The van der Waals surface area contributed by atoms with Gasteiger partial charge in [-0.05, 0) is 257 Å². The molecule has 0 aromatic heterocycles. The first-order chi connectivity index (χ1) is 45.4. The van der Waals surface area contributed by atoms with Gasteiger partial charge in [0.2, 0.25) is 0 Å². The van der Waals surface area contributed by atoms with E-state index in [1.807, 2.05) is 111 Å². The topological polar surface area (TPSA) is 138 Å². The lowest BCUT2D eigenvalue weighted by molar-refractivity contribution is 0.00530. The first-order valence-corrected chi connectivity index (χ1v) is 39.2. The van der Waals surface area contributed by atoms with E-state index in [4.69, 9.17) is 66.3 Å². The second-order valence-corrected chi connectivity index (χ2v) is 24.8. The van der Waals surface area contributed by atoms with E-state index in [9.17, 15) is 0 Å². The molecule has 0 aliphatic heterocycles. The van der Waals surface area contributed by atoms with Crippen LogP contribution in [0.25, 0.3) is 0 Å². The molecule has 6 atom stereocenters. The molecular weight excluding hydrogens is 1220 g/mol. The summed E-state index contributed by atoms with van der Waals surface area (Å²) in [4.78, 5) is 0. The average Bonchev–Trinajstić information content (AvgIpc) is 3.65. The van der Waals surface area contributed by atoms with Crippen LogP contribution in [0, 0.1) is 11.8 Å². The van der Waals surface area contributed by atoms with Gasteiger partial charge in [-0.2, -0.15) is 0 Å². The van der Waals surface area contributed by atoms with Crippen molar-refractivity contribution in [2.45, 2.75) is 408 Å². The van der Waals surface area contributed by atoms with Crippen LogP contribution in [-0.2, 0) is 71.1 Å². The molecule has 0 fully saturated rings. The lowest BCUT2D eigenvalue weighted by atomic mass is 10.1. The molecule has 0 bridgehead atoms. The Morgan fingerprint density at radius 1 is 0.247 bits per heavy atom. The van der Waals surface area contributed by atoms with E-state index in [1.165, 1.54) is 12.8 Å². The zero-order valence-corrected chi connectivity index (χ0v) is 75.2. The van der Waals surface area contributed by atoms with E-state index in [0.29, 0.717) is 72.9 Å². The highest BCUT2D eigenvalue weighted by molar-refractivity contribution is 4.57. The van der Waals surface area contributed by atoms with Crippen LogP contribution in [0.4, 0.5) is 0 Å². The van der Waals surface area contributed by atoms with Gasteiger partial charge in [0, 0.05) is 128 Å². The van der Waals surface area contributed by atoms with Crippen LogP contribution >= 0.6 is 0 Å². The van der Waals surface area contributed by atoms with Crippen molar-refractivity contribution in [1.29, 1.82) is 0 Å². The standard InChI is InChI=1S/C8H18O.2C7H16O.4C6H14O.5C5H12O.2C4H10O.C3H8O/c1-5-6-9-8(4)7(2)3;1-5-8-7(4)6(2)3;1-4-6-8-7(3)5-2;1-5-7-6(2,3)4;1-4-5-7-6(2)3;1-4-6(3)7-5-2;1-3-5-6-7-4-2;2*1-4-5(2)6-3;2*1-4-6-5(2)3;1-3-5-6-4-2;1-4(2)5-3;1-3-5-4-2;1-3-4-2/h7-8H,5-6H2,1-4H3;6-7H,5H2,1-4H3;7H,4-6H2,1-3H3;5H2,1-4H3;2*6H,4-5H2,1-3H3;3-6H2,1-2H3;4*5H,4H2,1-3H3;3-5H2,1-2H3;4H,1-3H3;3-4H2,1-2H3;3H2,1-2H3. The third-order valence-electron chi connectivity index (χ3n) is 11.9. The summed E-state index contributed by atoms with van der Waals surface area (Å²) in [6.45, 7) is 95.7. The molecule has 0 saturated carbocycles. The van der Waals surface area contributed by atoms with E-state index in [-0.39, 0.29) is 5.60 Å². The number of rotatable bonds is 37. The van der Waals surface area contributed by atoms with Crippen molar-refractivity contribution >= 4 is 0 Å². The van der Waals surface area contributed by atoms with Gasteiger partial charge in [-0.25, -0.2) is 0 Å². The van der Waals surface area contributed by atoms with Gasteiger partial charge in [-0.1, -0.05) is 96.4 Å². The summed E-state index contributed by atoms with van der Waals surface area (Å²) in [5.74, 6) is 1.30. The molecule has 0 saturated heterocycles. The molecule has 0 aliphatic carbocycles. The number of hydrogen-bond donors (Lipinski definition) is 0. The van der Waals surface area contributed by atoms with E-state index in [2.05, 4.69) is 171 Å². The lowest BCUT2D eigenvalue weighted by Gasteiger charge is -2.17. The van der Waals surface area contributed by atoms with Crippen LogP contribution in [0.1, 0.15) is 341 Å². The van der Waals surface area contributed by atoms with Gasteiger partial charge < -0.3 is 71.1 Å². The maximum absolute atomic E-state index is 5.45. The second kappa shape index (κ2) is 128. The van der Waals surface area contributed by atoms with Crippen molar-refractivity contribution in [2.75, 3.05) is 128 Å². The Labute approximate surface area is 615 Å². The Balaban J connectivity index is -0.0000000573. The largest absolute Gasteiger partial charge is 0.385 e. The molecule has 0 aromatic rings. The van der Waals surface area contributed by atoms with Crippen LogP contribution in [0.5, 0.6) is 0 Å². The molecule has 6 unspecified atom stereocenters. The summed E-state index contributed by atoms with van der Waals surface area (Å²) in [5, 5.41) is 0. The number of ether oxygens (including phenoxy) is 15. The molecule has 0 aromatic carbocycles. The maximum Gasteiger partial charge on any atom is 0.0598 e. The first kappa shape index (κ1) is 132. The third-order valence-corrected chi connectivity index (χ3v) is 11.9. The van der Waals surface area contributed by atoms with Gasteiger partial charge in [0.05, 0.1) is 66.6 Å². The zero-order valence-electron chi connectivity index (χ0n) is 75.2. The van der Waals surface area contributed by atoms with E-state index < -0.39 is 0 Å². The molecule has 0 spiro atoms. The highest BCUT2D eigenvalue weighted by atomic mass is 16.5. The van der Waals surface area contributed by atoms with Crippen molar-refractivity contribution < 1.29 is 71.1 Å². The summed E-state index contributed by atoms with van der Waals surface area (Å²) < 4.78 is 75.8. The quantitative estimate of drug-likeness (QED) is 0.0545. The third kappa shape index (κ3) is 236. The minimum absolute atomic E-state index is 0.0503. The normalized spacial score (nSPS) is 11.8. The molecule has 0 N–H and O–H groups in total. The predicted octanol–water partition coefficient (Wildman–Crippen LogP) is 23.9. The van der Waals surface area contributed by atoms with Crippen molar-refractivity contribution in [3.63, 3.8) is 0 Å². The van der Waals surface area contributed by atoms with Gasteiger partial charge in [0.1, 0.15) is 0 Å². The molecule has 97 heavy (non-hydrogen) atoms. The number of hydrogen-bond acceptors (Lipinski definition) is 15. The van der Waals surface area contributed by atoms with Crippen molar-refractivity contribution in [2.24, 2.45) is 11.8 Å². The smallest absolute Gasteiger partial charge is 0.0598 e. The summed E-state index contributed by atoms with van der Waals surface area (Å²) >= 11 is 0. The molecule has 0 amide bonds. The van der Waals surface area contributed by atoms with Crippen LogP contribution in [0.3, 0.4) is 0 Å². The van der Waals surface area contributed by atoms with Crippen molar-refractivity contribution in [3.05, 3.63) is 0 Å². The van der Waals surface area contributed by atoms with Crippen LogP contribution in [0.2, 0.25) is 0 Å². The lowest BCUT2D eigenvalue weighted by Crippen LogP contribution is -2.18. The molecule has 0 heterocycles. The maximum atomic E-state index is 5.45. The fourth-order valence-electron chi connectivity index (χ4n) is 4.46. The van der Waals surface area contributed by atoms with E-state index in [0.717, 1.165) is 150 Å². The molecule has 15 nitrogen and oxygen atoms in total. The Kier molecular flexibility index (Phi) is 175. The Hall–Kier alpha value is -0.600. The fraction of sp³-hybridized carbons (Fsp3) is 1.00. The van der Waals surface area contributed by atoms with Crippen LogP contribution < -0.4 is 0 Å². The van der Waals surface area contributed by atoms with Gasteiger partial charge in [-0.3, -0.25) is 0 Å². The molecule has 612 valence electrons.